The van der Waals surface area contributed by atoms with E-state index in [2.05, 4.69) is 15.1 Å². The zero-order valence-corrected chi connectivity index (χ0v) is 12.9. The largest absolute Gasteiger partial charge is 0.323 e. The van der Waals surface area contributed by atoms with Gasteiger partial charge in [0.2, 0.25) is 5.78 Å². The number of nitrogens with zero attached hydrogens (tertiary/aromatic N) is 3. The molecule has 2 aromatic carbocycles. The summed E-state index contributed by atoms with van der Waals surface area (Å²) in [6.07, 6.45) is 0.544. The fourth-order valence-electron chi connectivity index (χ4n) is 2.55. The maximum Gasteiger partial charge on any atom is 0.283 e. The summed E-state index contributed by atoms with van der Waals surface area (Å²) in [5.74, 6) is 0.357. The molecule has 23 heavy (non-hydrogen) atoms. The molecule has 0 fully saturated rings. The second-order valence-electron chi connectivity index (χ2n) is 5.24. The van der Waals surface area contributed by atoms with E-state index in [0.29, 0.717) is 27.9 Å². The Morgan fingerprint density at radius 1 is 1.04 bits per heavy atom. The molecule has 112 valence electrons. The summed E-state index contributed by atoms with van der Waals surface area (Å²) >= 11 is 5.34. The quantitative estimate of drug-likeness (QED) is 0.456. The minimum atomic E-state index is -0.203. The van der Waals surface area contributed by atoms with Gasteiger partial charge in [-0.2, -0.15) is 14.6 Å². The molecule has 0 saturated heterocycles. The summed E-state index contributed by atoms with van der Waals surface area (Å²) in [7, 11) is 0. The first-order valence-electron chi connectivity index (χ1n) is 7.17. The number of aromatic amines is 1. The van der Waals surface area contributed by atoms with Crippen LogP contribution >= 0.6 is 12.2 Å². The van der Waals surface area contributed by atoms with Gasteiger partial charge in [-0.3, -0.25) is 4.79 Å². The lowest BCUT2D eigenvalue weighted by Gasteiger charge is -2.06. The van der Waals surface area contributed by atoms with Gasteiger partial charge >= 0.3 is 0 Å². The number of hydrogen-bond acceptors (Lipinski definition) is 4. The Morgan fingerprint density at radius 2 is 1.78 bits per heavy atom. The van der Waals surface area contributed by atoms with Crippen LogP contribution in [0.15, 0.2) is 59.4 Å². The van der Waals surface area contributed by atoms with Crippen molar-refractivity contribution in [1.82, 2.24) is 19.6 Å². The Hall–Kier alpha value is -2.86. The Balaban J connectivity index is 1.96. The van der Waals surface area contributed by atoms with Crippen LogP contribution in [0.2, 0.25) is 0 Å². The molecule has 6 heteroatoms. The van der Waals surface area contributed by atoms with Crippen molar-refractivity contribution in [3.05, 3.63) is 80.8 Å². The van der Waals surface area contributed by atoms with Gasteiger partial charge in [0.05, 0.1) is 10.9 Å². The van der Waals surface area contributed by atoms with E-state index in [1.54, 1.807) is 6.07 Å². The molecule has 0 bridgehead atoms. The number of H-pyrrole nitrogens is 1. The van der Waals surface area contributed by atoms with E-state index < -0.39 is 0 Å². The summed E-state index contributed by atoms with van der Waals surface area (Å²) in [4.78, 5) is 20.1. The molecule has 0 radical (unpaired) electrons. The van der Waals surface area contributed by atoms with Crippen molar-refractivity contribution in [2.24, 2.45) is 0 Å². The predicted octanol–water partition coefficient (Wildman–Crippen LogP) is 2.89. The van der Waals surface area contributed by atoms with Crippen molar-refractivity contribution in [3.8, 4) is 0 Å². The van der Waals surface area contributed by atoms with Gasteiger partial charge in [0.1, 0.15) is 5.69 Å². The van der Waals surface area contributed by atoms with E-state index in [-0.39, 0.29) is 5.56 Å². The lowest BCUT2D eigenvalue weighted by atomic mass is 10.1. The van der Waals surface area contributed by atoms with Crippen molar-refractivity contribution in [2.45, 2.75) is 6.42 Å². The van der Waals surface area contributed by atoms with E-state index in [1.807, 2.05) is 48.5 Å². The first-order chi connectivity index (χ1) is 11.2. The van der Waals surface area contributed by atoms with Crippen LogP contribution in [0.25, 0.3) is 16.7 Å². The average molecular weight is 320 g/mol. The monoisotopic (exact) mass is 320 g/mol. The Morgan fingerprint density at radius 3 is 2.61 bits per heavy atom. The van der Waals surface area contributed by atoms with Gasteiger partial charge in [-0.25, -0.2) is 0 Å². The number of benzene rings is 2. The van der Waals surface area contributed by atoms with E-state index in [9.17, 15) is 4.79 Å². The van der Waals surface area contributed by atoms with Crippen LogP contribution in [-0.4, -0.2) is 19.6 Å². The van der Waals surface area contributed by atoms with Crippen LogP contribution in [0.3, 0.4) is 0 Å². The third-order valence-corrected chi connectivity index (χ3v) is 4.01. The smallest absolute Gasteiger partial charge is 0.283 e. The van der Waals surface area contributed by atoms with Crippen molar-refractivity contribution < 1.29 is 0 Å². The number of aromatic nitrogens is 4. The molecule has 0 saturated carbocycles. The summed E-state index contributed by atoms with van der Waals surface area (Å²) < 4.78 is 1.69. The molecule has 0 atom stereocenters. The van der Waals surface area contributed by atoms with Crippen LogP contribution in [-0.2, 0) is 6.42 Å². The van der Waals surface area contributed by atoms with E-state index in [0.717, 1.165) is 11.1 Å². The molecule has 0 aliphatic heterocycles. The highest BCUT2D eigenvalue weighted by molar-refractivity contribution is 7.71. The second-order valence-corrected chi connectivity index (χ2v) is 5.62. The summed E-state index contributed by atoms with van der Waals surface area (Å²) in [6.45, 7) is 0. The summed E-state index contributed by atoms with van der Waals surface area (Å²) in [5, 5.41) is 5.00. The number of rotatable bonds is 2. The molecule has 2 heterocycles. The summed E-state index contributed by atoms with van der Waals surface area (Å²) in [5.41, 5.74) is 2.21. The Kier molecular flexibility index (Phi) is 3.24. The van der Waals surface area contributed by atoms with Crippen molar-refractivity contribution in [1.29, 1.82) is 0 Å². The second kappa shape index (κ2) is 5.40. The van der Waals surface area contributed by atoms with Crippen LogP contribution in [0.5, 0.6) is 0 Å². The van der Waals surface area contributed by atoms with E-state index in [1.165, 1.54) is 4.52 Å². The zero-order chi connectivity index (χ0) is 15.8. The fourth-order valence-corrected chi connectivity index (χ4v) is 2.75. The molecule has 4 aromatic rings. The van der Waals surface area contributed by atoms with Gasteiger partial charge < -0.3 is 4.98 Å². The molecule has 0 spiro atoms. The van der Waals surface area contributed by atoms with Crippen LogP contribution in [0.4, 0.5) is 0 Å². The molecule has 0 aliphatic carbocycles. The van der Waals surface area contributed by atoms with Gasteiger partial charge in [-0.1, -0.05) is 54.7 Å². The predicted molar refractivity (Wildman–Crippen MR) is 91.2 cm³/mol. The fraction of sp³-hybridized carbons (Fsp3) is 0.0588. The van der Waals surface area contributed by atoms with Gasteiger partial charge in [-0.05, 0) is 17.7 Å². The normalized spacial score (nSPS) is 11.1. The Labute approximate surface area is 136 Å². The van der Waals surface area contributed by atoms with Crippen molar-refractivity contribution in [3.63, 3.8) is 0 Å². The third kappa shape index (κ3) is 2.43. The zero-order valence-electron chi connectivity index (χ0n) is 12.1. The Bertz CT molecular complexity index is 1130. The van der Waals surface area contributed by atoms with Gasteiger partial charge in [0, 0.05) is 6.42 Å². The van der Waals surface area contributed by atoms with Gasteiger partial charge in [0.25, 0.3) is 5.56 Å². The van der Waals surface area contributed by atoms with Crippen LogP contribution < -0.4 is 5.56 Å². The van der Waals surface area contributed by atoms with Crippen LogP contribution in [0.1, 0.15) is 11.3 Å². The standard InChI is InChI=1S/C17H12N4OS/c22-16-12-8-4-5-9-13(12)18-17-19-15(23)14(20-21(16)17)10-11-6-2-1-3-7-11/h1-9H,10H2,(H,18,19,23). The molecule has 1 N–H and O–H groups in total. The minimum absolute atomic E-state index is 0.203. The molecule has 0 amide bonds. The average Bonchev–Trinajstić information content (AvgIpc) is 2.57. The molecular weight excluding hydrogens is 308 g/mol. The topological polar surface area (TPSA) is 63.0 Å². The number of nitrogens with one attached hydrogen (secondary N) is 1. The molecule has 2 aromatic heterocycles. The van der Waals surface area contributed by atoms with E-state index in [4.69, 9.17) is 12.2 Å². The SMILES string of the molecule is O=c1c2ccccc2[nH]c2nc(=S)c(Cc3ccccc3)nn12. The number of fused-ring (bicyclic) bond motifs is 2. The molecule has 4 rings (SSSR count). The number of para-hydroxylation sites is 1. The van der Waals surface area contributed by atoms with Gasteiger partial charge in [-0.15, -0.1) is 0 Å². The first-order valence-corrected chi connectivity index (χ1v) is 7.58. The maximum atomic E-state index is 12.6. The molecule has 0 aliphatic rings. The highest BCUT2D eigenvalue weighted by Gasteiger charge is 2.09. The summed E-state index contributed by atoms with van der Waals surface area (Å²) in [6, 6.07) is 17.1. The third-order valence-electron chi connectivity index (χ3n) is 3.69. The van der Waals surface area contributed by atoms with Crippen molar-refractivity contribution in [2.75, 3.05) is 0 Å². The molecular formula is C17H12N4OS. The van der Waals surface area contributed by atoms with Gasteiger partial charge in [0.15, 0.2) is 4.64 Å². The molecule has 0 unspecified atom stereocenters. The molecule has 5 nitrogen and oxygen atoms in total. The highest BCUT2D eigenvalue weighted by Crippen LogP contribution is 2.10. The number of hydrogen-bond donors (Lipinski definition) is 1. The lowest BCUT2D eigenvalue weighted by molar-refractivity contribution is 0.800. The maximum absolute atomic E-state index is 12.6. The van der Waals surface area contributed by atoms with Crippen LogP contribution in [0, 0.1) is 4.64 Å². The minimum Gasteiger partial charge on any atom is -0.323 e. The first kappa shape index (κ1) is 13.8. The lowest BCUT2D eigenvalue weighted by Crippen LogP contribution is -2.20. The van der Waals surface area contributed by atoms with Crippen molar-refractivity contribution >= 4 is 28.9 Å². The highest BCUT2D eigenvalue weighted by atomic mass is 32.1. The van der Waals surface area contributed by atoms with E-state index >= 15 is 0 Å².